The van der Waals surface area contributed by atoms with Crippen LogP contribution in [-0.4, -0.2) is 11.1 Å². The quantitative estimate of drug-likeness (QED) is 0.752. The standard InChI is InChI=1S/C9H11O3P/c10-9(11)6-8(12-13)7-4-2-1-3-5-7/h1-5,8H,6,13H2,(H,10,11). The Labute approximate surface area is 79.0 Å². The van der Waals surface area contributed by atoms with Crippen molar-refractivity contribution in [1.82, 2.24) is 0 Å². The Morgan fingerprint density at radius 1 is 1.46 bits per heavy atom. The maximum absolute atomic E-state index is 10.5. The molecule has 0 aliphatic carbocycles. The molecule has 4 heteroatoms. The van der Waals surface area contributed by atoms with Crippen LogP contribution in [-0.2, 0) is 9.32 Å². The van der Waals surface area contributed by atoms with Gasteiger partial charge in [-0.3, -0.25) is 4.79 Å². The highest BCUT2D eigenvalue weighted by Gasteiger charge is 2.13. The highest BCUT2D eigenvalue weighted by Crippen LogP contribution is 2.22. The maximum atomic E-state index is 10.5. The largest absolute Gasteiger partial charge is 0.481 e. The summed E-state index contributed by atoms with van der Waals surface area (Å²) < 4.78 is 4.98. The highest BCUT2D eigenvalue weighted by atomic mass is 31.0. The summed E-state index contributed by atoms with van der Waals surface area (Å²) >= 11 is 0. The van der Waals surface area contributed by atoms with Gasteiger partial charge in [-0.25, -0.2) is 0 Å². The zero-order chi connectivity index (χ0) is 9.68. The molecular weight excluding hydrogens is 187 g/mol. The third-order valence-corrected chi connectivity index (χ3v) is 2.02. The summed E-state index contributed by atoms with van der Waals surface area (Å²) in [4.78, 5) is 10.5. The molecule has 13 heavy (non-hydrogen) atoms. The fourth-order valence-electron chi connectivity index (χ4n) is 1.07. The second-order valence-corrected chi connectivity index (χ2v) is 2.91. The van der Waals surface area contributed by atoms with Crippen LogP contribution in [0.5, 0.6) is 0 Å². The third-order valence-electron chi connectivity index (χ3n) is 1.70. The van der Waals surface area contributed by atoms with E-state index in [1.54, 1.807) is 0 Å². The molecule has 0 bridgehead atoms. The van der Waals surface area contributed by atoms with Gasteiger partial charge in [-0.2, -0.15) is 0 Å². The van der Waals surface area contributed by atoms with E-state index in [-0.39, 0.29) is 12.5 Å². The van der Waals surface area contributed by atoms with Crippen molar-refractivity contribution in [3.05, 3.63) is 35.9 Å². The molecule has 1 aromatic carbocycles. The minimum Gasteiger partial charge on any atom is -0.481 e. The lowest BCUT2D eigenvalue weighted by molar-refractivity contribution is -0.138. The topological polar surface area (TPSA) is 46.5 Å². The predicted molar refractivity (Wildman–Crippen MR) is 52.2 cm³/mol. The van der Waals surface area contributed by atoms with Gasteiger partial charge in [0.15, 0.2) is 0 Å². The first-order chi connectivity index (χ1) is 6.24. The summed E-state index contributed by atoms with van der Waals surface area (Å²) in [6, 6.07) is 9.28. The third kappa shape index (κ3) is 3.13. The molecule has 1 aromatic rings. The second-order valence-electron chi connectivity index (χ2n) is 2.63. The predicted octanol–water partition coefficient (Wildman–Crippen LogP) is 2.01. The van der Waals surface area contributed by atoms with Gasteiger partial charge in [-0.05, 0) is 5.56 Å². The van der Waals surface area contributed by atoms with Crippen molar-refractivity contribution >= 4 is 15.4 Å². The molecule has 0 amide bonds. The monoisotopic (exact) mass is 198 g/mol. The smallest absolute Gasteiger partial charge is 0.306 e. The van der Waals surface area contributed by atoms with Crippen molar-refractivity contribution in [3.8, 4) is 0 Å². The summed E-state index contributed by atoms with van der Waals surface area (Å²) in [6.45, 7) is 0. The normalized spacial score (nSPS) is 12.4. The molecule has 0 aliphatic rings. The van der Waals surface area contributed by atoms with Crippen molar-refractivity contribution in [2.75, 3.05) is 0 Å². The molecule has 2 atom stereocenters. The molecule has 0 aliphatic heterocycles. The minimum absolute atomic E-state index is 0.0203. The molecule has 0 heterocycles. The van der Waals surface area contributed by atoms with E-state index in [1.165, 1.54) is 0 Å². The van der Waals surface area contributed by atoms with Gasteiger partial charge in [-0.15, -0.1) is 0 Å². The molecule has 70 valence electrons. The SMILES string of the molecule is O=C(O)CC(OP)c1ccccc1. The van der Waals surface area contributed by atoms with Crippen molar-refractivity contribution in [2.45, 2.75) is 12.5 Å². The van der Waals surface area contributed by atoms with Gasteiger partial charge in [0, 0.05) is 9.47 Å². The number of carboxylic acids is 1. The van der Waals surface area contributed by atoms with Crippen molar-refractivity contribution in [3.63, 3.8) is 0 Å². The molecule has 0 aromatic heterocycles. The molecule has 0 saturated heterocycles. The van der Waals surface area contributed by atoms with Gasteiger partial charge in [0.25, 0.3) is 0 Å². The number of carboxylic acid groups (broad SMARTS) is 1. The van der Waals surface area contributed by atoms with E-state index in [4.69, 9.17) is 9.63 Å². The lowest BCUT2D eigenvalue weighted by atomic mass is 10.1. The molecule has 0 spiro atoms. The number of carbonyl (C=O) groups is 1. The Kier molecular flexibility index (Phi) is 3.87. The van der Waals surface area contributed by atoms with Crippen molar-refractivity contribution in [2.24, 2.45) is 0 Å². The molecule has 0 fully saturated rings. The fraction of sp³-hybridized carbons (Fsp3) is 0.222. The lowest BCUT2D eigenvalue weighted by Crippen LogP contribution is -2.05. The van der Waals surface area contributed by atoms with Crippen LogP contribution >= 0.6 is 9.47 Å². The summed E-state index contributed by atoms with van der Waals surface area (Å²) in [5, 5.41) is 8.59. The molecular formula is C9H11O3P. The second kappa shape index (κ2) is 4.95. The van der Waals surface area contributed by atoms with E-state index in [0.717, 1.165) is 5.56 Å². The van der Waals surface area contributed by atoms with Gasteiger partial charge in [-0.1, -0.05) is 30.3 Å². The van der Waals surface area contributed by atoms with Crippen molar-refractivity contribution in [1.29, 1.82) is 0 Å². The van der Waals surface area contributed by atoms with Crippen LogP contribution < -0.4 is 0 Å². The van der Waals surface area contributed by atoms with Crippen LogP contribution in [0, 0.1) is 0 Å². The van der Waals surface area contributed by atoms with Crippen LogP contribution in [0.15, 0.2) is 30.3 Å². The van der Waals surface area contributed by atoms with Gasteiger partial charge in [0.1, 0.15) is 0 Å². The maximum Gasteiger partial charge on any atom is 0.306 e. The van der Waals surface area contributed by atoms with Crippen LogP contribution in [0.25, 0.3) is 0 Å². The lowest BCUT2D eigenvalue weighted by Gasteiger charge is -2.12. The molecule has 2 unspecified atom stereocenters. The zero-order valence-electron chi connectivity index (χ0n) is 7.01. The molecule has 3 nitrogen and oxygen atoms in total. The first kappa shape index (κ1) is 10.2. The van der Waals surface area contributed by atoms with Gasteiger partial charge in [0.2, 0.25) is 0 Å². The summed E-state index contributed by atoms with van der Waals surface area (Å²) in [5.74, 6) is -0.865. The molecule has 0 saturated carbocycles. The van der Waals surface area contributed by atoms with Gasteiger partial charge < -0.3 is 9.63 Å². The summed E-state index contributed by atoms with van der Waals surface area (Å²) in [6.07, 6.45) is -0.406. The Morgan fingerprint density at radius 3 is 2.54 bits per heavy atom. The first-order valence-corrected chi connectivity index (χ1v) is 4.33. The average molecular weight is 198 g/mol. The molecule has 1 rings (SSSR count). The van der Waals surface area contributed by atoms with Crippen molar-refractivity contribution < 1.29 is 14.4 Å². The Morgan fingerprint density at radius 2 is 2.08 bits per heavy atom. The molecule has 1 N–H and O–H groups in total. The number of aliphatic carboxylic acids is 1. The Balaban J connectivity index is 2.73. The molecule has 0 radical (unpaired) electrons. The average Bonchev–Trinajstić information content (AvgIpc) is 2.15. The summed E-state index contributed by atoms with van der Waals surface area (Å²) in [7, 11) is 2.09. The van der Waals surface area contributed by atoms with Crippen LogP contribution in [0.2, 0.25) is 0 Å². The van der Waals surface area contributed by atoms with E-state index >= 15 is 0 Å². The van der Waals surface area contributed by atoms with Crippen LogP contribution in [0.1, 0.15) is 18.1 Å². The first-order valence-electron chi connectivity index (χ1n) is 3.86. The number of rotatable bonds is 4. The van der Waals surface area contributed by atoms with Crippen LogP contribution in [0.4, 0.5) is 0 Å². The van der Waals surface area contributed by atoms with E-state index < -0.39 is 5.97 Å². The van der Waals surface area contributed by atoms with E-state index in [2.05, 4.69) is 9.47 Å². The van der Waals surface area contributed by atoms with E-state index in [9.17, 15) is 4.79 Å². The van der Waals surface area contributed by atoms with Gasteiger partial charge >= 0.3 is 5.97 Å². The number of benzene rings is 1. The Hall–Kier alpha value is -0.920. The fourth-order valence-corrected chi connectivity index (χ4v) is 1.32. The number of hydrogen-bond donors (Lipinski definition) is 1. The van der Waals surface area contributed by atoms with Crippen LogP contribution in [0.3, 0.4) is 0 Å². The Bertz CT molecular complexity index is 273. The highest BCUT2D eigenvalue weighted by molar-refractivity contribution is 7.09. The minimum atomic E-state index is -0.865. The zero-order valence-corrected chi connectivity index (χ0v) is 8.17. The summed E-state index contributed by atoms with van der Waals surface area (Å²) in [5.41, 5.74) is 0.875. The van der Waals surface area contributed by atoms with E-state index in [0.29, 0.717) is 0 Å². The number of hydrogen-bond acceptors (Lipinski definition) is 2. The van der Waals surface area contributed by atoms with Gasteiger partial charge in [0.05, 0.1) is 12.5 Å². The van der Waals surface area contributed by atoms with E-state index in [1.807, 2.05) is 30.3 Å².